The molecule has 0 aromatic heterocycles. The highest BCUT2D eigenvalue weighted by Crippen LogP contribution is 2.18. The van der Waals surface area contributed by atoms with Gasteiger partial charge < -0.3 is 16.4 Å². The number of carbonyl (C=O) groups excluding carboxylic acids is 1. The molecule has 1 amide bonds. The lowest BCUT2D eigenvalue weighted by atomic mass is 10.0. The lowest BCUT2D eigenvalue weighted by molar-refractivity contribution is 0.0950. The molecule has 0 radical (unpaired) electrons. The van der Waals surface area contributed by atoms with Gasteiger partial charge in [0.05, 0.1) is 0 Å². The third-order valence-electron chi connectivity index (χ3n) is 3.80. The highest BCUT2D eigenvalue weighted by atomic mass is 16.1. The van der Waals surface area contributed by atoms with E-state index >= 15 is 0 Å². The first-order valence-corrected chi connectivity index (χ1v) is 8.71. The van der Waals surface area contributed by atoms with Crippen LogP contribution in [0.4, 0.5) is 5.69 Å². The van der Waals surface area contributed by atoms with E-state index in [-0.39, 0.29) is 11.9 Å². The lowest BCUT2D eigenvalue weighted by Crippen LogP contribution is -2.37. The highest BCUT2D eigenvalue weighted by molar-refractivity contribution is 6.07. The number of allylic oxidation sites excluding steroid dienone is 1. The Morgan fingerprint density at radius 2 is 2.12 bits per heavy atom. The molecule has 1 aromatic carbocycles. The zero-order chi connectivity index (χ0) is 18.8. The standard InChI is InChI=1S/C20H30N4O/c1-6-11-22-19(14(4)5)24-17-9-10-18(15(7-2)12-17)20(25)23-13-16(21)8-3/h6,9-12,16H,4,7-8,13,21H2,1-3,5H3,(H,22,24)(H,23,25)/b11-6-. The molecule has 0 aliphatic rings. The summed E-state index contributed by atoms with van der Waals surface area (Å²) in [4.78, 5) is 16.7. The van der Waals surface area contributed by atoms with Crippen LogP contribution in [0.2, 0.25) is 0 Å². The number of nitrogens with zero attached hydrogens (tertiary/aromatic N) is 1. The number of nitrogens with one attached hydrogen (secondary N) is 2. The number of hydrogen-bond donors (Lipinski definition) is 3. The fraction of sp³-hybridized carbons (Fsp3) is 0.400. The maximum atomic E-state index is 12.4. The zero-order valence-corrected chi connectivity index (χ0v) is 15.7. The number of amidine groups is 1. The molecule has 0 aliphatic carbocycles. The van der Waals surface area contributed by atoms with Crippen molar-refractivity contribution in [2.24, 2.45) is 10.7 Å². The van der Waals surface area contributed by atoms with E-state index in [0.29, 0.717) is 17.9 Å². The third kappa shape index (κ3) is 6.55. The molecule has 1 aromatic rings. The summed E-state index contributed by atoms with van der Waals surface area (Å²) in [5.41, 5.74) is 9.24. The quantitative estimate of drug-likeness (QED) is 0.498. The molecule has 1 rings (SSSR count). The summed E-state index contributed by atoms with van der Waals surface area (Å²) in [6, 6.07) is 5.67. The largest absolute Gasteiger partial charge is 0.350 e. The van der Waals surface area contributed by atoms with Crippen LogP contribution in [0.1, 0.15) is 50.0 Å². The Morgan fingerprint density at radius 1 is 1.40 bits per heavy atom. The number of anilines is 1. The summed E-state index contributed by atoms with van der Waals surface area (Å²) in [7, 11) is 0. The minimum absolute atomic E-state index is 0.0177. The van der Waals surface area contributed by atoms with Crippen LogP contribution in [0.5, 0.6) is 0 Å². The number of rotatable bonds is 8. The van der Waals surface area contributed by atoms with Crippen molar-refractivity contribution in [2.75, 3.05) is 11.9 Å². The average Bonchev–Trinajstić information content (AvgIpc) is 2.62. The van der Waals surface area contributed by atoms with E-state index < -0.39 is 0 Å². The maximum absolute atomic E-state index is 12.4. The predicted molar refractivity (Wildman–Crippen MR) is 107 cm³/mol. The topological polar surface area (TPSA) is 79.5 Å². The predicted octanol–water partition coefficient (Wildman–Crippen LogP) is 3.64. The Hall–Kier alpha value is -2.40. The Bertz CT molecular complexity index is 662. The second kappa shape index (κ2) is 10.5. The van der Waals surface area contributed by atoms with Gasteiger partial charge in [-0.25, -0.2) is 4.99 Å². The van der Waals surface area contributed by atoms with Gasteiger partial charge in [-0.05, 0) is 56.0 Å². The number of aliphatic imine (C=N–C) groups is 1. The average molecular weight is 342 g/mol. The van der Waals surface area contributed by atoms with E-state index in [2.05, 4.69) is 22.2 Å². The zero-order valence-electron chi connectivity index (χ0n) is 15.7. The summed E-state index contributed by atoms with van der Waals surface area (Å²) in [5, 5.41) is 6.16. The Balaban J connectivity index is 2.97. The van der Waals surface area contributed by atoms with Crippen LogP contribution in [0.3, 0.4) is 0 Å². The van der Waals surface area contributed by atoms with E-state index in [9.17, 15) is 4.79 Å². The van der Waals surface area contributed by atoms with Crippen molar-refractivity contribution >= 4 is 17.4 Å². The molecule has 25 heavy (non-hydrogen) atoms. The molecule has 1 atom stereocenters. The van der Waals surface area contributed by atoms with Crippen LogP contribution < -0.4 is 16.4 Å². The third-order valence-corrected chi connectivity index (χ3v) is 3.80. The summed E-state index contributed by atoms with van der Waals surface area (Å²) >= 11 is 0. The summed E-state index contributed by atoms with van der Waals surface area (Å²) in [6.45, 7) is 12.3. The monoisotopic (exact) mass is 342 g/mol. The van der Waals surface area contributed by atoms with E-state index in [4.69, 9.17) is 5.73 Å². The highest BCUT2D eigenvalue weighted by Gasteiger charge is 2.12. The summed E-state index contributed by atoms with van der Waals surface area (Å²) < 4.78 is 0. The van der Waals surface area contributed by atoms with E-state index in [1.807, 2.05) is 52.0 Å². The lowest BCUT2D eigenvalue weighted by Gasteiger charge is -2.15. The van der Waals surface area contributed by atoms with Crippen molar-refractivity contribution in [1.29, 1.82) is 0 Å². The molecule has 1 unspecified atom stereocenters. The van der Waals surface area contributed by atoms with Gasteiger partial charge in [-0.2, -0.15) is 0 Å². The molecular weight excluding hydrogens is 312 g/mol. The first-order valence-electron chi connectivity index (χ1n) is 8.71. The van der Waals surface area contributed by atoms with Crippen molar-refractivity contribution in [3.8, 4) is 0 Å². The van der Waals surface area contributed by atoms with Crippen molar-refractivity contribution in [1.82, 2.24) is 5.32 Å². The summed E-state index contributed by atoms with van der Waals surface area (Å²) in [5.74, 6) is 0.612. The molecule has 0 aliphatic heterocycles. The molecule has 0 saturated heterocycles. The van der Waals surface area contributed by atoms with Gasteiger partial charge in [0.25, 0.3) is 5.91 Å². The smallest absolute Gasteiger partial charge is 0.251 e. The maximum Gasteiger partial charge on any atom is 0.251 e. The van der Waals surface area contributed by atoms with Crippen LogP contribution >= 0.6 is 0 Å². The number of hydrogen-bond acceptors (Lipinski definition) is 3. The van der Waals surface area contributed by atoms with Gasteiger partial charge >= 0.3 is 0 Å². The molecule has 4 N–H and O–H groups in total. The van der Waals surface area contributed by atoms with Crippen molar-refractivity contribution < 1.29 is 4.79 Å². The molecule has 0 fully saturated rings. The van der Waals surface area contributed by atoms with Crippen molar-refractivity contribution in [3.63, 3.8) is 0 Å². The molecule has 0 spiro atoms. The van der Waals surface area contributed by atoms with Gasteiger partial charge in [-0.15, -0.1) is 0 Å². The van der Waals surface area contributed by atoms with Crippen LogP contribution in [0.15, 0.2) is 47.6 Å². The van der Waals surface area contributed by atoms with Gasteiger partial charge in [0.1, 0.15) is 5.84 Å². The molecule has 0 saturated carbocycles. The van der Waals surface area contributed by atoms with Crippen molar-refractivity contribution in [2.45, 2.75) is 46.6 Å². The minimum atomic E-state index is -0.0880. The Kier molecular flexibility index (Phi) is 8.64. The normalized spacial score (nSPS) is 12.9. The first kappa shape index (κ1) is 20.6. The first-order chi connectivity index (χ1) is 11.9. The van der Waals surface area contributed by atoms with E-state index in [0.717, 1.165) is 29.7 Å². The Morgan fingerprint density at radius 3 is 2.68 bits per heavy atom. The van der Waals surface area contributed by atoms with E-state index in [1.54, 1.807) is 6.20 Å². The van der Waals surface area contributed by atoms with Crippen molar-refractivity contribution in [3.05, 3.63) is 53.8 Å². The second-order valence-electron chi connectivity index (χ2n) is 5.97. The fourth-order valence-corrected chi connectivity index (χ4v) is 2.18. The van der Waals surface area contributed by atoms with Gasteiger partial charge in [0, 0.05) is 30.0 Å². The number of aryl methyl sites for hydroxylation is 1. The van der Waals surface area contributed by atoms with Gasteiger partial charge in [0.15, 0.2) is 0 Å². The molecule has 0 heterocycles. The number of nitrogens with two attached hydrogens (primary N) is 1. The molecule has 0 bridgehead atoms. The van der Waals surface area contributed by atoms with Gasteiger partial charge in [-0.3, -0.25) is 4.79 Å². The van der Waals surface area contributed by atoms with Gasteiger partial charge in [0.2, 0.25) is 0 Å². The fourth-order valence-electron chi connectivity index (χ4n) is 2.18. The SMILES string of the molecule is C=C(C)C(=N/C=C\C)Nc1ccc(C(=O)NCC(N)CC)c(CC)c1. The number of benzene rings is 1. The van der Waals surface area contributed by atoms with Crippen LogP contribution in [-0.4, -0.2) is 24.3 Å². The molecular formula is C20H30N4O. The molecule has 136 valence electrons. The molecule has 5 nitrogen and oxygen atoms in total. The minimum Gasteiger partial charge on any atom is -0.350 e. The second-order valence-corrected chi connectivity index (χ2v) is 5.97. The van der Waals surface area contributed by atoms with Crippen LogP contribution in [0, 0.1) is 0 Å². The van der Waals surface area contributed by atoms with Gasteiger partial charge in [-0.1, -0.05) is 26.5 Å². The molecule has 5 heteroatoms. The summed E-state index contributed by atoms with van der Waals surface area (Å²) in [6.07, 6.45) is 5.17. The Labute approximate surface area is 151 Å². The van der Waals surface area contributed by atoms with E-state index in [1.165, 1.54) is 0 Å². The van der Waals surface area contributed by atoms with Crippen LogP contribution in [0.25, 0.3) is 0 Å². The number of amides is 1. The number of carbonyl (C=O) groups is 1. The van der Waals surface area contributed by atoms with Crippen LogP contribution in [-0.2, 0) is 6.42 Å².